The standard InChI is InChI=1S/C13H21N3O/c1-16-12-3-2-10(14)8-11(12)15-13(16)9-4-6-17-7-5-9/h9-10H,2-8,14H2,1H3. The quantitative estimate of drug-likeness (QED) is 0.794. The largest absolute Gasteiger partial charge is 0.381 e. The Kier molecular flexibility index (Phi) is 2.92. The molecule has 1 unspecified atom stereocenters. The molecule has 2 heterocycles. The predicted octanol–water partition coefficient (Wildman–Crippen LogP) is 1.13. The third-order valence-electron chi connectivity index (χ3n) is 4.13. The van der Waals surface area contributed by atoms with Crippen LogP contribution in [0.5, 0.6) is 0 Å². The highest BCUT2D eigenvalue weighted by molar-refractivity contribution is 5.23. The number of nitrogens with two attached hydrogens (primary N) is 1. The molecular weight excluding hydrogens is 214 g/mol. The van der Waals surface area contributed by atoms with Gasteiger partial charge in [0.05, 0.1) is 5.69 Å². The second-order valence-electron chi connectivity index (χ2n) is 5.31. The number of hydrogen-bond acceptors (Lipinski definition) is 3. The highest BCUT2D eigenvalue weighted by Gasteiger charge is 2.26. The molecule has 0 spiro atoms. The zero-order valence-corrected chi connectivity index (χ0v) is 10.5. The highest BCUT2D eigenvalue weighted by Crippen LogP contribution is 2.29. The van der Waals surface area contributed by atoms with Crippen LogP contribution in [0.4, 0.5) is 0 Å². The van der Waals surface area contributed by atoms with Crippen molar-refractivity contribution < 1.29 is 4.74 Å². The van der Waals surface area contributed by atoms with Gasteiger partial charge in [-0.3, -0.25) is 0 Å². The molecule has 1 aromatic heterocycles. The molecule has 2 aliphatic rings. The Morgan fingerprint density at radius 2 is 2.06 bits per heavy atom. The summed E-state index contributed by atoms with van der Waals surface area (Å²) < 4.78 is 7.74. The van der Waals surface area contributed by atoms with Crippen molar-refractivity contribution in [1.29, 1.82) is 0 Å². The molecule has 4 nitrogen and oxygen atoms in total. The van der Waals surface area contributed by atoms with Gasteiger partial charge in [-0.05, 0) is 25.7 Å². The van der Waals surface area contributed by atoms with Crippen LogP contribution in [0.25, 0.3) is 0 Å². The Bertz CT molecular complexity index is 407. The third kappa shape index (κ3) is 2.00. The van der Waals surface area contributed by atoms with Crippen LogP contribution >= 0.6 is 0 Å². The molecule has 4 heteroatoms. The van der Waals surface area contributed by atoms with E-state index in [9.17, 15) is 0 Å². The average Bonchev–Trinajstić information content (AvgIpc) is 2.67. The van der Waals surface area contributed by atoms with Crippen LogP contribution in [0.2, 0.25) is 0 Å². The van der Waals surface area contributed by atoms with Crippen LogP contribution in [-0.2, 0) is 24.6 Å². The van der Waals surface area contributed by atoms with E-state index in [-0.39, 0.29) is 0 Å². The first-order valence-corrected chi connectivity index (χ1v) is 6.63. The summed E-state index contributed by atoms with van der Waals surface area (Å²) in [6.45, 7) is 1.75. The van der Waals surface area contributed by atoms with E-state index < -0.39 is 0 Å². The van der Waals surface area contributed by atoms with Gasteiger partial charge in [0.2, 0.25) is 0 Å². The molecule has 17 heavy (non-hydrogen) atoms. The van der Waals surface area contributed by atoms with Crippen molar-refractivity contribution in [3.63, 3.8) is 0 Å². The molecular formula is C13H21N3O. The van der Waals surface area contributed by atoms with E-state index in [2.05, 4.69) is 11.6 Å². The zero-order valence-electron chi connectivity index (χ0n) is 10.5. The number of aromatic nitrogens is 2. The van der Waals surface area contributed by atoms with E-state index in [0.29, 0.717) is 12.0 Å². The van der Waals surface area contributed by atoms with Gasteiger partial charge in [0.15, 0.2) is 0 Å². The number of fused-ring (bicyclic) bond motifs is 1. The van der Waals surface area contributed by atoms with Crippen molar-refractivity contribution >= 4 is 0 Å². The summed E-state index contributed by atoms with van der Waals surface area (Å²) >= 11 is 0. The van der Waals surface area contributed by atoms with Gasteiger partial charge in [-0.15, -0.1) is 0 Å². The number of imidazole rings is 1. The van der Waals surface area contributed by atoms with E-state index in [1.165, 1.54) is 17.2 Å². The fourth-order valence-corrected chi connectivity index (χ4v) is 3.08. The second kappa shape index (κ2) is 4.42. The van der Waals surface area contributed by atoms with Crippen LogP contribution in [0.15, 0.2) is 0 Å². The van der Waals surface area contributed by atoms with Gasteiger partial charge < -0.3 is 15.0 Å². The molecule has 0 radical (unpaired) electrons. The van der Waals surface area contributed by atoms with Gasteiger partial charge in [-0.1, -0.05) is 0 Å². The molecule has 1 atom stereocenters. The van der Waals surface area contributed by atoms with Gasteiger partial charge in [0.1, 0.15) is 5.82 Å². The summed E-state index contributed by atoms with van der Waals surface area (Å²) in [5, 5.41) is 0. The lowest BCUT2D eigenvalue weighted by Crippen LogP contribution is -2.28. The van der Waals surface area contributed by atoms with Crippen molar-refractivity contribution in [3.8, 4) is 0 Å². The van der Waals surface area contributed by atoms with E-state index in [1.54, 1.807) is 0 Å². The maximum Gasteiger partial charge on any atom is 0.112 e. The number of ether oxygens (including phenoxy) is 1. The Labute approximate surface area is 102 Å². The predicted molar refractivity (Wildman–Crippen MR) is 66.0 cm³/mol. The first-order chi connectivity index (χ1) is 8.25. The Hall–Kier alpha value is -0.870. The monoisotopic (exact) mass is 235 g/mol. The molecule has 2 N–H and O–H groups in total. The van der Waals surface area contributed by atoms with Crippen LogP contribution in [-0.4, -0.2) is 28.8 Å². The molecule has 3 rings (SSSR count). The number of rotatable bonds is 1. The maximum absolute atomic E-state index is 6.02. The molecule has 1 aliphatic heterocycles. The smallest absolute Gasteiger partial charge is 0.112 e. The molecule has 0 amide bonds. The fraction of sp³-hybridized carbons (Fsp3) is 0.769. The van der Waals surface area contributed by atoms with Crippen LogP contribution in [0, 0.1) is 0 Å². The zero-order chi connectivity index (χ0) is 11.8. The minimum absolute atomic E-state index is 0.305. The average molecular weight is 235 g/mol. The molecule has 0 saturated carbocycles. The van der Waals surface area contributed by atoms with Gasteiger partial charge in [0.25, 0.3) is 0 Å². The van der Waals surface area contributed by atoms with E-state index in [4.69, 9.17) is 15.5 Å². The van der Waals surface area contributed by atoms with E-state index >= 15 is 0 Å². The van der Waals surface area contributed by atoms with Crippen molar-refractivity contribution in [2.75, 3.05) is 13.2 Å². The summed E-state index contributed by atoms with van der Waals surface area (Å²) in [7, 11) is 2.16. The molecule has 1 fully saturated rings. The summed E-state index contributed by atoms with van der Waals surface area (Å²) in [5.74, 6) is 1.84. The third-order valence-corrected chi connectivity index (χ3v) is 4.13. The number of hydrogen-bond donors (Lipinski definition) is 1. The first kappa shape index (κ1) is 11.2. The Morgan fingerprint density at radius 3 is 2.82 bits per heavy atom. The fourth-order valence-electron chi connectivity index (χ4n) is 3.08. The van der Waals surface area contributed by atoms with E-state index in [0.717, 1.165) is 45.3 Å². The van der Waals surface area contributed by atoms with Gasteiger partial charge in [-0.25, -0.2) is 4.98 Å². The van der Waals surface area contributed by atoms with E-state index in [1.807, 2.05) is 0 Å². The molecule has 94 valence electrons. The lowest BCUT2D eigenvalue weighted by molar-refractivity contribution is 0.0830. The number of nitrogens with zero attached hydrogens (tertiary/aromatic N) is 2. The van der Waals surface area contributed by atoms with Crippen molar-refractivity contribution in [2.24, 2.45) is 12.8 Å². The molecule has 1 aromatic rings. The molecule has 0 bridgehead atoms. The van der Waals surface area contributed by atoms with Gasteiger partial charge in [-0.2, -0.15) is 0 Å². The Morgan fingerprint density at radius 1 is 1.29 bits per heavy atom. The van der Waals surface area contributed by atoms with Gasteiger partial charge >= 0.3 is 0 Å². The minimum Gasteiger partial charge on any atom is -0.381 e. The van der Waals surface area contributed by atoms with Gasteiger partial charge in [0, 0.05) is 44.3 Å². The summed E-state index contributed by atoms with van der Waals surface area (Å²) in [6.07, 6.45) is 5.35. The summed E-state index contributed by atoms with van der Waals surface area (Å²) in [5.41, 5.74) is 8.67. The van der Waals surface area contributed by atoms with Crippen LogP contribution < -0.4 is 5.73 Å². The summed E-state index contributed by atoms with van der Waals surface area (Å²) in [6, 6.07) is 0.305. The van der Waals surface area contributed by atoms with Crippen molar-refractivity contribution in [2.45, 2.75) is 44.1 Å². The highest BCUT2D eigenvalue weighted by atomic mass is 16.5. The van der Waals surface area contributed by atoms with Crippen molar-refractivity contribution in [1.82, 2.24) is 9.55 Å². The maximum atomic E-state index is 6.02. The van der Waals surface area contributed by atoms with Crippen LogP contribution in [0.3, 0.4) is 0 Å². The van der Waals surface area contributed by atoms with Crippen molar-refractivity contribution in [3.05, 3.63) is 17.2 Å². The second-order valence-corrected chi connectivity index (χ2v) is 5.31. The first-order valence-electron chi connectivity index (χ1n) is 6.63. The van der Waals surface area contributed by atoms with Crippen LogP contribution in [0.1, 0.15) is 42.4 Å². The lowest BCUT2D eigenvalue weighted by atomic mass is 9.97. The molecule has 0 aromatic carbocycles. The summed E-state index contributed by atoms with van der Waals surface area (Å²) in [4.78, 5) is 4.85. The lowest BCUT2D eigenvalue weighted by Gasteiger charge is -2.22. The normalized spacial score (nSPS) is 25.9. The minimum atomic E-state index is 0.305. The SMILES string of the molecule is Cn1c(C2CCOCC2)nc2c1CCC(N)C2. The topological polar surface area (TPSA) is 53.1 Å². The Balaban J connectivity index is 1.90. The molecule has 1 aliphatic carbocycles. The molecule has 1 saturated heterocycles.